The number of nitrogens with zero attached hydrogens (tertiary/aromatic N) is 1. The molecule has 0 aliphatic rings. The Labute approximate surface area is 161 Å². The van der Waals surface area contributed by atoms with Crippen LogP contribution in [0.5, 0.6) is 0 Å². The second-order valence-electron chi connectivity index (χ2n) is 7.75. The van der Waals surface area contributed by atoms with Crippen LogP contribution in [0.3, 0.4) is 0 Å². The summed E-state index contributed by atoms with van der Waals surface area (Å²) in [5.74, 6) is 0.523. The van der Waals surface area contributed by atoms with Crippen LogP contribution in [-0.4, -0.2) is 35.0 Å². The van der Waals surface area contributed by atoms with E-state index in [1.165, 1.54) is 0 Å². The van der Waals surface area contributed by atoms with E-state index in [0.29, 0.717) is 11.8 Å². The van der Waals surface area contributed by atoms with Crippen molar-refractivity contribution in [3.05, 3.63) is 12.2 Å². The first-order valence-corrected chi connectivity index (χ1v) is 10.5. The van der Waals surface area contributed by atoms with Gasteiger partial charge >= 0.3 is 5.97 Å². The van der Waals surface area contributed by atoms with Gasteiger partial charge < -0.3 is 10.0 Å². The minimum absolute atomic E-state index is 0.0485. The average Bonchev–Trinajstić information content (AvgIpc) is 2.61. The molecule has 3 atom stereocenters. The van der Waals surface area contributed by atoms with Crippen LogP contribution in [0.25, 0.3) is 0 Å². The molecule has 3 unspecified atom stereocenters. The third-order valence-electron chi connectivity index (χ3n) is 5.17. The Kier molecular flexibility index (Phi) is 14.1. The van der Waals surface area contributed by atoms with Crippen molar-refractivity contribution in [3.8, 4) is 0 Å². The van der Waals surface area contributed by atoms with Crippen LogP contribution in [-0.2, 0) is 9.59 Å². The van der Waals surface area contributed by atoms with Gasteiger partial charge in [-0.1, -0.05) is 72.0 Å². The maximum atomic E-state index is 13.1. The summed E-state index contributed by atoms with van der Waals surface area (Å²) >= 11 is 0. The molecule has 0 aromatic rings. The van der Waals surface area contributed by atoms with Crippen LogP contribution < -0.4 is 0 Å². The number of aliphatic carboxylic acids is 1. The van der Waals surface area contributed by atoms with Gasteiger partial charge in [0, 0.05) is 19.5 Å². The highest BCUT2D eigenvalue weighted by atomic mass is 16.4. The van der Waals surface area contributed by atoms with E-state index in [1.807, 2.05) is 19.1 Å². The highest BCUT2D eigenvalue weighted by Gasteiger charge is 2.24. The second-order valence-corrected chi connectivity index (χ2v) is 7.75. The summed E-state index contributed by atoms with van der Waals surface area (Å²) in [5, 5.41) is 8.69. The van der Waals surface area contributed by atoms with Gasteiger partial charge in [0.1, 0.15) is 0 Å². The predicted molar refractivity (Wildman–Crippen MR) is 109 cm³/mol. The Balaban J connectivity index is 4.70. The number of carbonyl (C=O) groups excluding carboxylic acids is 1. The second kappa shape index (κ2) is 14.8. The van der Waals surface area contributed by atoms with Gasteiger partial charge in [-0.05, 0) is 31.6 Å². The molecule has 1 amide bonds. The minimum atomic E-state index is -0.724. The minimum Gasteiger partial charge on any atom is -0.481 e. The Bertz CT molecular complexity index is 408. The Hall–Kier alpha value is -1.32. The first-order chi connectivity index (χ1) is 12.3. The van der Waals surface area contributed by atoms with Gasteiger partial charge in [-0.3, -0.25) is 9.59 Å². The highest BCUT2D eigenvalue weighted by molar-refractivity contribution is 5.80. The number of carboxylic acids is 1. The van der Waals surface area contributed by atoms with Crippen LogP contribution in [0.2, 0.25) is 0 Å². The fraction of sp³-hybridized carbons (Fsp3) is 0.818. The smallest absolute Gasteiger partial charge is 0.303 e. The fourth-order valence-electron chi connectivity index (χ4n) is 3.03. The van der Waals surface area contributed by atoms with E-state index in [9.17, 15) is 9.59 Å². The van der Waals surface area contributed by atoms with E-state index in [-0.39, 0.29) is 18.2 Å². The number of hydrogen-bond acceptors (Lipinski definition) is 2. The number of hydrogen-bond donors (Lipinski definition) is 1. The van der Waals surface area contributed by atoms with Crippen molar-refractivity contribution >= 4 is 11.9 Å². The molecule has 4 heteroatoms. The standard InChI is InChI=1S/C22H41NO3/c1-6-13-20(14-11-9-10-12-15-21(24)25)22(26)23(16-18(4)7-2)17-19(5)8-3/h6,13,18-20H,7-12,14-17H2,1-5H3,(H,24,25)/b13-6-. The molecule has 0 saturated heterocycles. The molecule has 0 radical (unpaired) electrons. The summed E-state index contributed by atoms with van der Waals surface area (Å²) in [7, 11) is 0. The number of rotatable bonds is 15. The number of allylic oxidation sites excluding steroid dienone is 1. The molecule has 0 aromatic carbocycles. The molecule has 0 fully saturated rings. The van der Waals surface area contributed by atoms with Crippen LogP contribution in [0.1, 0.15) is 86.0 Å². The third kappa shape index (κ3) is 11.3. The van der Waals surface area contributed by atoms with Crippen molar-refractivity contribution in [1.29, 1.82) is 0 Å². The zero-order valence-corrected chi connectivity index (χ0v) is 17.7. The molecule has 4 nitrogen and oxygen atoms in total. The number of carboxylic acid groups (broad SMARTS) is 1. The maximum Gasteiger partial charge on any atom is 0.303 e. The normalized spacial score (nSPS) is 15.0. The largest absolute Gasteiger partial charge is 0.481 e. The summed E-state index contributed by atoms with van der Waals surface area (Å²) < 4.78 is 0. The van der Waals surface area contributed by atoms with Crippen molar-refractivity contribution < 1.29 is 14.7 Å². The molecule has 0 aromatic heterocycles. The zero-order valence-electron chi connectivity index (χ0n) is 17.7. The lowest BCUT2D eigenvalue weighted by atomic mass is 9.96. The molecule has 0 aliphatic carbocycles. The molecule has 0 aliphatic heterocycles. The molecule has 0 spiro atoms. The maximum absolute atomic E-state index is 13.1. The average molecular weight is 368 g/mol. The highest BCUT2D eigenvalue weighted by Crippen LogP contribution is 2.19. The molecule has 0 saturated carbocycles. The Morgan fingerprint density at radius 2 is 1.50 bits per heavy atom. The lowest BCUT2D eigenvalue weighted by Crippen LogP contribution is -2.41. The number of unbranched alkanes of at least 4 members (excludes halogenated alkanes) is 3. The van der Waals surface area contributed by atoms with Gasteiger partial charge in [-0.15, -0.1) is 0 Å². The van der Waals surface area contributed by atoms with E-state index < -0.39 is 5.97 Å². The molecule has 0 bridgehead atoms. The quantitative estimate of drug-likeness (QED) is 0.306. The van der Waals surface area contributed by atoms with Gasteiger partial charge in [0.2, 0.25) is 5.91 Å². The van der Waals surface area contributed by atoms with Gasteiger partial charge in [0.25, 0.3) is 0 Å². The van der Waals surface area contributed by atoms with Crippen LogP contribution >= 0.6 is 0 Å². The van der Waals surface area contributed by atoms with E-state index in [2.05, 4.69) is 32.6 Å². The SMILES string of the molecule is C/C=C\C(CCCCCCC(=O)O)C(=O)N(CC(C)CC)CC(C)CC. The van der Waals surface area contributed by atoms with Crippen LogP contribution in [0.4, 0.5) is 0 Å². The summed E-state index contributed by atoms with van der Waals surface area (Å²) in [4.78, 5) is 25.8. The zero-order chi connectivity index (χ0) is 19.9. The Morgan fingerprint density at radius 3 is 1.96 bits per heavy atom. The molecule has 0 rings (SSSR count). The van der Waals surface area contributed by atoms with E-state index in [0.717, 1.165) is 58.0 Å². The third-order valence-corrected chi connectivity index (χ3v) is 5.17. The van der Waals surface area contributed by atoms with Crippen molar-refractivity contribution in [2.45, 2.75) is 86.0 Å². The predicted octanol–water partition coefficient (Wildman–Crippen LogP) is 5.52. The summed E-state index contributed by atoms with van der Waals surface area (Å²) in [6.45, 7) is 12.4. The van der Waals surface area contributed by atoms with Crippen LogP contribution in [0.15, 0.2) is 12.2 Å². The van der Waals surface area contributed by atoms with E-state index >= 15 is 0 Å². The van der Waals surface area contributed by atoms with Crippen molar-refractivity contribution in [3.63, 3.8) is 0 Å². The van der Waals surface area contributed by atoms with E-state index in [1.54, 1.807) is 0 Å². The molecular weight excluding hydrogens is 326 g/mol. The number of amides is 1. The van der Waals surface area contributed by atoms with Gasteiger partial charge in [-0.2, -0.15) is 0 Å². The van der Waals surface area contributed by atoms with E-state index in [4.69, 9.17) is 5.11 Å². The topological polar surface area (TPSA) is 57.6 Å². The van der Waals surface area contributed by atoms with Crippen molar-refractivity contribution in [2.24, 2.45) is 17.8 Å². The summed E-state index contributed by atoms with van der Waals surface area (Å²) in [6.07, 6.45) is 10.9. The molecule has 26 heavy (non-hydrogen) atoms. The van der Waals surface area contributed by atoms with Crippen LogP contribution in [0, 0.1) is 17.8 Å². The lowest BCUT2D eigenvalue weighted by molar-refractivity contribution is -0.137. The molecule has 1 N–H and O–H groups in total. The first kappa shape index (κ1) is 24.7. The molecule has 152 valence electrons. The first-order valence-electron chi connectivity index (χ1n) is 10.5. The number of carbonyl (C=O) groups is 2. The fourth-order valence-corrected chi connectivity index (χ4v) is 3.03. The van der Waals surface area contributed by atoms with Crippen molar-refractivity contribution in [1.82, 2.24) is 4.90 Å². The molecular formula is C22H41NO3. The van der Waals surface area contributed by atoms with Gasteiger partial charge in [0.15, 0.2) is 0 Å². The monoisotopic (exact) mass is 367 g/mol. The molecule has 0 heterocycles. The Morgan fingerprint density at radius 1 is 0.962 bits per heavy atom. The summed E-state index contributed by atoms with van der Waals surface area (Å²) in [5.41, 5.74) is 0. The summed E-state index contributed by atoms with van der Waals surface area (Å²) in [6, 6.07) is 0. The van der Waals surface area contributed by atoms with Gasteiger partial charge in [-0.25, -0.2) is 0 Å². The van der Waals surface area contributed by atoms with Crippen molar-refractivity contribution in [2.75, 3.05) is 13.1 Å². The lowest BCUT2D eigenvalue weighted by Gasteiger charge is -2.30. The van der Waals surface area contributed by atoms with Gasteiger partial charge in [0.05, 0.1) is 5.92 Å².